The lowest BCUT2D eigenvalue weighted by molar-refractivity contribution is 0.701. The minimum atomic E-state index is 0.690. The zero-order valence-corrected chi connectivity index (χ0v) is 11.9. The molecule has 1 aromatic carbocycles. The highest BCUT2D eigenvalue weighted by atomic mass is 79.9. The molecule has 1 saturated carbocycles. The molecule has 0 amide bonds. The number of hydrogen-bond acceptors (Lipinski definition) is 2. The van der Waals surface area contributed by atoms with E-state index in [1.54, 1.807) is 0 Å². The third kappa shape index (κ3) is 2.43. The Labute approximate surface area is 115 Å². The topological polar surface area (TPSA) is 29.9 Å². The molecule has 1 aromatic heterocycles. The van der Waals surface area contributed by atoms with Crippen molar-refractivity contribution >= 4 is 21.6 Å². The van der Waals surface area contributed by atoms with Gasteiger partial charge in [-0.05, 0) is 43.5 Å². The van der Waals surface area contributed by atoms with E-state index in [0.717, 1.165) is 11.0 Å². The average Bonchev–Trinajstić information content (AvgIpc) is 3.08. The van der Waals surface area contributed by atoms with Gasteiger partial charge in [-0.1, -0.05) is 15.9 Å². The molecule has 2 aromatic rings. The van der Waals surface area contributed by atoms with Gasteiger partial charge in [0.05, 0.1) is 18.6 Å². The van der Waals surface area contributed by atoms with Gasteiger partial charge in [0.1, 0.15) is 0 Å². The molecule has 0 atom stereocenters. The summed E-state index contributed by atoms with van der Waals surface area (Å²) >= 11 is 3.48. The molecule has 0 radical (unpaired) electrons. The molecule has 0 bridgehead atoms. The third-order valence-electron chi connectivity index (χ3n) is 3.33. The van der Waals surface area contributed by atoms with Crippen LogP contribution < -0.4 is 5.32 Å². The Kier molecular flexibility index (Phi) is 3.12. The van der Waals surface area contributed by atoms with Gasteiger partial charge in [0.15, 0.2) is 0 Å². The van der Waals surface area contributed by atoms with Crippen LogP contribution in [0.1, 0.15) is 30.1 Å². The molecular weight excluding hydrogens is 290 g/mol. The highest BCUT2D eigenvalue weighted by molar-refractivity contribution is 9.10. The highest BCUT2D eigenvalue weighted by Crippen LogP contribution is 2.35. The summed E-state index contributed by atoms with van der Waals surface area (Å²) in [4.78, 5) is 4.25. The maximum absolute atomic E-state index is 4.25. The first-order chi connectivity index (χ1) is 8.74. The summed E-state index contributed by atoms with van der Waals surface area (Å²) < 4.78 is 3.41. The summed E-state index contributed by atoms with van der Waals surface area (Å²) in [6.07, 6.45) is 6.49. The first-order valence-electron chi connectivity index (χ1n) is 6.25. The number of nitrogens with one attached hydrogen (secondary N) is 1. The number of halogens is 1. The van der Waals surface area contributed by atoms with Crippen LogP contribution in [0.25, 0.3) is 0 Å². The molecule has 18 heavy (non-hydrogen) atoms. The van der Waals surface area contributed by atoms with Crippen LogP contribution in [-0.4, -0.2) is 9.55 Å². The molecule has 0 spiro atoms. The van der Waals surface area contributed by atoms with Crippen molar-refractivity contribution in [3.8, 4) is 0 Å². The van der Waals surface area contributed by atoms with Gasteiger partial charge >= 0.3 is 0 Å². The van der Waals surface area contributed by atoms with Crippen molar-refractivity contribution in [1.29, 1.82) is 0 Å². The second kappa shape index (κ2) is 4.76. The van der Waals surface area contributed by atoms with Crippen molar-refractivity contribution in [2.24, 2.45) is 0 Å². The fourth-order valence-electron chi connectivity index (χ4n) is 2.16. The Morgan fingerprint density at radius 1 is 1.44 bits per heavy atom. The molecule has 0 unspecified atom stereocenters. The smallest absolute Gasteiger partial charge is 0.0951 e. The number of aromatic nitrogens is 2. The van der Waals surface area contributed by atoms with Crippen molar-refractivity contribution in [2.45, 2.75) is 32.4 Å². The number of anilines is 1. The van der Waals surface area contributed by atoms with Crippen molar-refractivity contribution < 1.29 is 0 Å². The van der Waals surface area contributed by atoms with Crippen molar-refractivity contribution in [3.63, 3.8) is 0 Å². The zero-order valence-electron chi connectivity index (χ0n) is 10.4. The Hall–Kier alpha value is -1.29. The van der Waals surface area contributed by atoms with Crippen LogP contribution in [0.4, 0.5) is 5.69 Å². The summed E-state index contributed by atoms with van der Waals surface area (Å²) in [6.45, 7) is 2.95. The molecule has 0 saturated heterocycles. The Bertz CT molecular complexity index is 558. The SMILES string of the molecule is Cc1cc(Br)ccc1NCc1cncn1C1CC1. The van der Waals surface area contributed by atoms with E-state index in [1.165, 1.54) is 29.8 Å². The van der Waals surface area contributed by atoms with E-state index in [2.05, 4.69) is 55.9 Å². The molecule has 1 fully saturated rings. The number of imidazole rings is 1. The monoisotopic (exact) mass is 305 g/mol. The van der Waals surface area contributed by atoms with Gasteiger partial charge in [0.2, 0.25) is 0 Å². The first-order valence-corrected chi connectivity index (χ1v) is 7.04. The standard InChI is InChI=1S/C14H16BrN3/c1-10-6-11(15)2-5-14(10)17-8-13-7-16-9-18(13)12-3-4-12/h2,5-7,9,12,17H,3-4,8H2,1H3. The van der Waals surface area contributed by atoms with Crippen molar-refractivity contribution in [1.82, 2.24) is 9.55 Å². The molecule has 94 valence electrons. The van der Waals surface area contributed by atoms with E-state index in [4.69, 9.17) is 0 Å². The Balaban J connectivity index is 1.71. The van der Waals surface area contributed by atoms with Gasteiger partial charge < -0.3 is 9.88 Å². The molecule has 1 heterocycles. The normalized spacial score (nSPS) is 14.8. The zero-order chi connectivity index (χ0) is 12.5. The van der Waals surface area contributed by atoms with Gasteiger partial charge in [0, 0.05) is 22.4 Å². The maximum Gasteiger partial charge on any atom is 0.0951 e. The van der Waals surface area contributed by atoms with Crippen molar-refractivity contribution in [2.75, 3.05) is 5.32 Å². The molecule has 1 N–H and O–H groups in total. The predicted molar refractivity (Wildman–Crippen MR) is 76.7 cm³/mol. The van der Waals surface area contributed by atoms with Crippen LogP contribution in [0.3, 0.4) is 0 Å². The van der Waals surface area contributed by atoms with Crippen LogP contribution in [0.2, 0.25) is 0 Å². The first kappa shape index (κ1) is 11.8. The van der Waals surface area contributed by atoms with Crippen LogP contribution >= 0.6 is 15.9 Å². The second-order valence-electron chi connectivity index (χ2n) is 4.84. The van der Waals surface area contributed by atoms with Crippen LogP contribution in [0, 0.1) is 6.92 Å². The van der Waals surface area contributed by atoms with E-state index in [0.29, 0.717) is 6.04 Å². The fraction of sp³-hybridized carbons (Fsp3) is 0.357. The summed E-state index contributed by atoms with van der Waals surface area (Å²) in [5, 5.41) is 3.48. The van der Waals surface area contributed by atoms with Crippen LogP contribution in [-0.2, 0) is 6.54 Å². The average molecular weight is 306 g/mol. The van der Waals surface area contributed by atoms with Gasteiger partial charge in [-0.15, -0.1) is 0 Å². The molecule has 4 heteroatoms. The Morgan fingerprint density at radius 3 is 3.00 bits per heavy atom. The lowest BCUT2D eigenvalue weighted by Gasteiger charge is -2.11. The molecule has 3 nitrogen and oxygen atoms in total. The third-order valence-corrected chi connectivity index (χ3v) is 3.83. The highest BCUT2D eigenvalue weighted by Gasteiger charge is 2.24. The van der Waals surface area contributed by atoms with E-state index in [1.807, 2.05) is 12.5 Å². The van der Waals surface area contributed by atoms with Crippen LogP contribution in [0.5, 0.6) is 0 Å². The summed E-state index contributed by atoms with van der Waals surface area (Å²) in [6, 6.07) is 6.99. The second-order valence-corrected chi connectivity index (χ2v) is 5.75. The molecule has 1 aliphatic carbocycles. The van der Waals surface area contributed by atoms with E-state index < -0.39 is 0 Å². The van der Waals surface area contributed by atoms with E-state index in [9.17, 15) is 0 Å². The number of benzene rings is 1. The van der Waals surface area contributed by atoms with Gasteiger partial charge in [-0.2, -0.15) is 0 Å². The summed E-state index contributed by atoms with van der Waals surface area (Å²) in [7, 11) is 0. The lowest BCUT2D eigenvalue weighted by atomic mass is 10.2. The number of nitrogens with zero attached hydrogens (tertiary/aromatic N) is 2. The summed E-state index contributed by atoms with van der Waals surface area (Å²) in [5.74, 6) is 0. The minimum Gasteiger partial charge on any atom is -0.379 e. The fourth-order valence-corrected chi connectivity index (χ4v) is 2.64. The van der Waals surface area contributed by atoms with Crippen molar-refractivity contribution in [3.05, 3.63) is 46.5 Å². The number of aryl methyl sites for hydroxylation is 1. The van der Waals surface area contributed by atoms with Gasteiger partial charge in [0.25, 0.3) is 0 Å². The number of hydrogen-bond donors (Lipinski definition) is 1. The Morgan fingerprint density at radius 2 is 2.28 bits per heavy atom. The molecule has 1 aliphatic rings. The minimum absolute atomic E-state index is 0.690. The van der Waals surface area contributed by atoms with Gasteiger partial charge in [-0.3, -0.25) is 0 Å². The van der Waals surface area contributed by atoms with Gasteiger partial charge in [-0.25, -0.2) is 4.98 Å². The largest absolute Gasteiger partial charge is 0.379 e. The maximum atomic E-state index is 4.25. The summed E-state index contributed by atoms with van der Waals surface area (Å²) in [5.41, 5.74) is 3.70. The molecule has 0 aliphatic heterocycles. The van der Waals surface area contributed by atoms with Crippen LogP contribution in [0.15, 0.2) is 35.2 Å². The molecular formula is C14H16BrN3. The molecule has 3 rings (SSSR count). The van der Waals surface area contributed by atoms with E-state index >= 15 is 0 Å². The quantitative estimate of drug-likeness (QED) is 0.928. The lowest BCUT2D eigenvalue weighted by Crippen LogP contribution is -2.06. The predicted octanol–water partition coefficient (Wildman–Crippen LogP) is 3.90. The number of rotatable bonds is 4. The van der Waals surface area contributed by atoms with E-state index in [-0.39, 0.29) is 0 Å².